The van der Waals surface area contributed by atoms with Crippen LogP contribution in [-0.4, -0.2) is 35.3 Å². The molecule has 0 bridgehead atoms. The Morgan fingerprint density at radius 3 is 2.74 bits per heavy atom. The lowest BCUT2D eigenvalue weighted by Gasteiger charge is -2.10. The van der Waals surface area contributed by atoms with Gasteiger partial charge in [0.2, 0.25) is 0 Å². The summed E-state index contributed by atoms with van der Waals surface area (Å²) in [5.74, 6) is 1.51. The Hall–Kier alpha value is -3.42. The molecule has 0 atom stereocenters. The van der Waals surface area contributed by atoms with Crippen LogP contribution in [0.15, 0.2) is 36.9 Å². The molecule has 2 N–H and O–H groups in total. The van der Waals surface area contributed by atoms with E-state index in [0.29, 0.717) is 17.9 Å². The number of carbonyl (C=O) groups excluding carboxylic acids is 1. The van der Waals surface area contributed by atoms with Gasteiger partial charge in [-0.15, -0.1) is 0 Å². The molecule has 0 amide bonds. The molecule has 8 heteroatoms. The molecular weight excluding hydrogens is 390 g/mol. The second-order valence-electron chi connectivity index (χ2n) is 7.67. The number of aryl methyl sites for hydroxylation is 2. The van der Waals surface area contributed by atoms with Gasteiger partial charge in [0, 0.05) is 38.0 Å². The highest BCUT2D eigenvalue weighted by atomic mass is 16.1. The summed E-state index contributed by atoms with van der Waals surface area (Å²) in [6.45, 7) is 2.98. The number of nitrogens with two attached hydrogens (primary N) is 1. The fourth-order valence-corrected chi connectivity index (χ4v) is 3.84. The summed E-state index contributed by atoms with van der Waals surface area (Å²) in [4.78, 5) is 34.2. The Morgan fingerprint density at radius 2 is 1.94 bits per heavy atom. The molecule has 4 aromatic rings. The first-order chi connectivity index (χ1) is 15.2. The second kappa shape index (κ2) is 9.59. The van der Waals surface area contributed by atoms with E-state index in [-0.39, 0.29) is 5.78 Å². The number of aromatic nitrogens is 6. The van der Waals surface area contributed by atoms with Crippen LogP contribution in [0.25, 0.3) is 22.1 Å². The van der Waals surface area contributed by atoms with Crippen molar-refractivity contribution in [2.75, 3.05) is 5.73 Å². The third-order valence-corrected chi connectivity index (χ3v) is 5.43. The zero-order valence-corrected chi connectivity index (χ0v) is 17.8. The molecule has 4 rings (SSSR count). The Balaban J connectivity index is 1.51. The van der Waals surface area contributed by atoms with Crippen LogP contribution in [0.5, 0.6) is 0 Å². The van der Waals surface area contributed by atoms with Crippen LogP contribution in [0.4, 0.5) is 5.82 Å². The lowest BCUT2D eigenvalue weighted by Crippen LogP contribution is -2.06. The van der Waals surface area contributed by atoms with E-state index in [4.69, 9.17) is 10.7 Å². The van der Waals surface area contributed by atoms with E-state index in [2.05, 4.69) is 31.4 Å². The van der Waals surface area contributed by atoms with E-state index in [0.717, 1.165) is 73.0 Å². The molecule has 8 nitrogen and oxygen atoms in total. The molecule has 0 saturated carbocycles. The second-order valence-corrected chi connectivity index (χ2v) is 7.67. The molecule has 0 saturated heterocycles. The minimum atomic E-state index is 0.0406. The molecule has 4 heterocycles. The predicted molar refractivity (Wildman–Crippen MR) is 121 cm³/mol. The molecule has 31 heavy (non-hydrogen) atoms. The average Bonchev–Trinajstić information content (AvgIpc) is 3.17. The fraction of sp³-hybridized carbons (Fsp3) is 0.391. The van der Waals surface area contributed by atoms with Crippen molar-refractivity contribution in [2.24, 2.45) is 0 Å². The third kappa shape index (κ3) is 4.52. The van der Waals surface area contributed by atoms with Crippen molar-refractivity contribution in [3.8, 4) is 0 Å². The maximum atomic E-state index is 12.2. The lowest BCUT2D eigenvalue weighted by molar-refractivity contribution is 0.0974. The SMILES string of the molecule is CCCCc1nc2c(N)nc3cccnc3c2n1CCCCCC(=O)c1cnccn1. The number of nitrogens with zero attached hydrogens (tertiary/aromatic N) is 6. The number of rotatable bonds is 10. The van der Waals surface area contributed by atoms with Crippen LogP contribution >= 0.6 is 0 Å². The van der Waals surface area contributed by atoms with Gasteiger partial charge in [0.05, 0.1) is 11.7 Å². The number of imidazole rings is 1. The van der Waals surface area contributed by atoms with Crippen LogP contribution in [0, 0.1) is 0 Å². The van der Waals surface area contributed by atoms with E-state index in [1.54, 1.807) is 18.6 Å². The van der Waals surface area contributed by atoms with Gasteiger partial charge in [0.15, 0.2) is 11.6 Å². The normalized spacial score (nSPS) is 11.4. The molecule has 0 aliphatic heterocycles. The predicted octanol–water partition coefficient (Wildman–Crippen LogP) is 4.14. The summed E-state index contributed by atoms with van der Waals surface area (Å²) in [6, 6.07) is 3.80. The van der Waals surface area contributed by atoms with Gasteiger partial charge in [-0.1, -0.05) is 19.8 Å². The largest absolute Gasteiger partial charge is 0.382 e. The highest BCUT2D eigenvalue weighted by Crippen LogP contribution is 2.28. The number of fused-ring (bicyclic) bond motifs is 3. The number of unbranched alkanes of at least 4 members (excludes halogenated alkanes) is 3. The lowest BCUT2D eigenvalue weighted by atomic mass is 10.1. The minimum absolute atomic E-state index is 0.0406. The van der Waals surface area contributed by atoms with Crippen molar-refractivity contribution in [3.05, 3.63) is 48.4 Å². The molecule has 0 radical (unpaired) electrons. The first kappa shape index (κ1) is 20.8. The van der Waals surface area contributed by atoms with Gasteiger partial charge in [-0.05, 0) is 31.4 Å². The van der Waals surface area contributed by atoms with Gasteiger partial charge in [-0.2, -0.15) is 0 Å². The number of nitrogen functional groups attached to an aromatic ring is 1. The molecule has 0 fully saturated rings. The monoisotopic (exact) mass is 417 g/mol. The standard InChI is InChI=1S/C23H27N7O/c1-2-3-10-19-29-21-22(20-16(28-23(21)24)8-7-11-27-20)30(19)14-6-4-5-9-18(31)17-15-25-12-13-26-17/h7-8,11-13,15H,2-6,9-10,14H2,1H3,(H2,24,28). The highest BCUT2D eigenvalue weighted by molar-refractivity contribution is 6.04. The molecule has 0 aromatic carbocycles. The van der Waals surface area contributed by atoms with Gasteiger partial charge in [0.25, 0.3) is 0 Å². The molecule has 0 aliphatic carbocycles. The molecule has 0 spiro atoms. The fourth-order valence-electron chi connectivity index (χ4n) is 3.84. The Labute approximate surface area is 181 Å². The maximum absolute atomic E-state index is 12.2. The van der Waals surface area contributed by atoms with Gasteiger partial charge in [-0.3, -0.25) is 14.8 Å². The van der Waals surface area contributed by atoms with E-state index in [9.17, 15) is 4.79 Å². The third-order valence-electron chi connectivity index (χ3n) is 5.43. The number of pyridine rings is 2. The number of anilines is 1. The van der Waals surface area contributed by atoms with Crippen molar-refractivity contribution < 1.29 is 4.79 Å². The summed E-state index contributed by atoms with van der Waals surface area (Å²) >= 11 is 0. The van der Waals surface area contributed by atoms with Gasteiger partial charge < -0.3 is 10.3 Å². The zero-order chi connectivity index (χ0) is 21.6. The quantitative estimate of drug-likeness (QED) is 0.305. The Morgan fingerprint density at radius 1 is 1.03 bits per heavy atom. The van der Waals surface area contributed by atoms with Crippen LogP contribution in [0.1, 0.15) is 61.8 Å². The van der Waals surface area contributed by atoms with E-state index >= 15 is 0 Å². The van der Waals surface area contributed by atoms with Crippen LogP contribution in [0.2, 0.25) is 0 Å². The van der Waals surface area contributed by atoms with Gasteiger partial charge in [0.1, 0.15) is 28.1 Å². The Kier molecular flexibility index (Phi) is 6.45. The van der Waals surface area contributed by atoms with Crippen molar-refractivity contribution in [3.63, 3.8) is 0 Å². The number of Topliss-reactive ketones (excluding diaryl/α,β-unsaturated/α-hetero) is 1. The smallest absolute Gasteiger partial charge is 0.182 e. The van der Waals surface area contributed by atoms with Crippen LogP contribution in [0.3, 0.4) is 0 Å². The van der Waals surface area contributed by atoms with Crippen molar-refractivity contribution in [1.82, 2.24) is 29.5 Å². The average molecular weight is 418 g/mol. The van der Waals surface area contributed by atoms with Crippen molar-refractivity contribution in [1.29, 1.82) is 0 Å². The van der Waals surface area contributed by atoms with Gasteiger partial charge in [-0.25, -0.2) is 15.0 Å². The number of hydrogen-bond donors (Lipinski definition) is 1. The molecule has 0 unspecified atom stereocenters. The van der Waals surface area contributed by atoms with Crippen LogP contribution in [-0.2, 0) is 13.0 Å². The molecule has 160 valence electrons. The molecule has 4 aromatic heterocycles. The molecular formula is C23H27N7O. The van der Waals surface area contributed by atoms with Crippen molar-refractivity contribution >= 4 is 33.7 Å². The first-order valence-corrected chi connectivity index (χ1v) is 10.9. The summed E-state index contributed by atoms with van der Waals surface area (Å²) in [7, 11) is 0. The topological polar surface area (TPSA) is 112 Å². The van der Waals surface area contributed by atoms with E-state index in [1.807, 2.05) is 12.1 Å². The molecule has 0 aliphatic rings. The minimum Gasteiger partial charge on any atom is -0.382 e. The number of ketones is 1. The van der Waals surface area contributed by atoms with Gasteiger partial charge >= 0.3 is 0 Å². The summed E-state index contributed by atoms with van der Waals surface area (Å²) in [6.07, 6.45) is 12.6. The first-order valence-electron chi connectivity index (χ1n) is 10.9. The summed E-state index contributed by atoms with van der Waals surface area (Å²) in [5, 5.41) is 0. The Bertz CT molecular complexity index is 1190. The highest BCUT2D eigenvalue weighted by Gasteiger charge is 2.17. The number of carbonyl (C=O) groups is 1. The van der Waals surface area contributed by atoms with Crippen LogP contribution < -0.4 is 5.73 Å². The number of hydrogen-bond acceptors (Lipinski definition) is 7. The summed E-state index contributed by atoms with van der Waals surface area (Å²) in [5.41, 5.74) is 9.98. The summed E-state index contributed by atoms with van der Waals surface area (Å²) < 4.78 is 2.25. The van der Waals surface area contributed by atoms with E-state index < -0.39 is 0 Å². The zero-order valence-electron chi connectivity index (χ0n) is 17.8. The van der Waals surface area contributed by atoms with Crippen molar-refractivity contribution in [2.45, 2.75) is 58.4 Å². The van der Waals surface area contributed by atoms with E-state index in [1.165, 1.54) is 6.20 Å². The maximum Gasteiger partial charge on any atom is 0.182 e.